The van der Waals surface area contributed by atoms with Crippen LogP contribution in [0.25, 0.3) is 22.3 Å². The molecule has 0 saturated carbocycles. The summed E-state index contributed by atoms with van der Waals surface area (Å²) < 4.78 is 65.9. The van der Waals surface area contributed by atoms with Crippen LogP contribution in [0.1, 0.15) is 65.2 Å². The van der Waals surface area contributed by atoms with Crippen molar-refractivity contribution < 1.29 is 75.8 Å². The van der Waals surface area contributed by atoms with Crippen molar-refractivity contribution >= 4 is 27.6 Å². The van der Waals surface area contributed by atoms with Crippen molar-refractivity contribution in [3.8, 4) is 45.3 Å². The molecule has 0 fully saturated rings. The van der Waals surface area contributed by atoms with Gasteiger partial charge in [0.05, 0.1) is 35.2 Å². The zero-order valence-corrected chi connectivity index (χ0v) is 46.8. The van der Waals surface area contributed by atoms with Crippen molar-refractivity contribution in [3.63, 3.8) is 0 Å². The largest absolute Gasteiger partial charge is 0.491 e. The highest BCUT2D eigenvalue weighted by Gasteiger charge is 2.47. The smallest absolute Gasteiger partial charge is 0.469 e. The van der Waals surface area contributed by atoms with Gasteiger partial charge in [0, 0.05) is 0 Å². The molecule has 0 radical (unpaired) electrons. The topological polar surface area (TPSA) is 223 Å². The summed E-state index contributed by atoms with van der Waals surface area (Å²) in [5, 5.41) is 0. The molecule has 0 aromatic heterocycles. The van der Waals surface area contributed by atoms with Crippen LogP contribution in [0.15, 0.2) is 218 Å². The summed E-state index contributed by atoms with van der Waals surface area (Å²) >= 11 is 0. The molecule has 0 atom stereocenters. The number of phosphoric acid groups is 2. The molecular formula is C66H56O16P2. The van der Waals surface area contributed by atoms with Crippen LogP contribution in [0, 0.1) is 0 Å². The number of phosphoric ester groups is 2. The number of hydrogen-bond acceptors (Lipinski definition) is 12. The Kier molecular flexibility index (Phi) is 16.8. The van der Waals surface area contributed by atoms with E-state index in [4.69, 9.17) is 48.0 Å². The van der Waals surface area contributed by atoms with E-state index in [1.165, 1.54) is 24.3 Å². The average Bonchev–Trinajstić information content (AvgIpc) is 2.83. The lowest BCUT2D eigenvalue weighted by Gasteiger charge is -2.34. The van der Waals surface area contributed by atoms with Crippen molar-refractivity contribution in [1.29, 1.82) is 0 Å². The van der Waals surface area contributed by atoms with Crippen molar-refractivity contribution in [2.75, 3.05) is 52.9 Å². The molecule has 426 valence electrons. The predicted octanol–water partition coefficient (Wildman–Crippen LogP) is 11.9. The van der Waals surface area contributed by atoms with Crippen LogP contribution in [-0.4, -0.2) is 84.4 Å². The van der Waals surface area contributed by atoms with E-state index in [2.05, 4.69) is 57.6 Å². The van der Waals surface area contributed by atoms with Crippen LogP contribution in [0.4, 0.5) is 0 Å². The maximum Gasteiger partial charge on any atom is 0.469 e. The van der Waals surface area contributed by atoms with Crippen molar-refractivity contribution in [2.24, 2.45) is 0 Å². The average molecular weight is 1170 g/mol. The fraction of sp³-hybridized carbons (Fsp3) is 0.152. The standard InChI is InChI=1S/C66H56O16P2/c67-63(79-39-37-75-51-29-21-47(22-30-51)65(49-25-33-53(34-26-49)77-41-43-81-83(69,70)71)59-13-5-1-9-55(59)56-10-2-6-14-60(56)65)45-17-19-46(20-18-45)64(68)80-40-38-76-52-31-23-48(24-32-52)66(50-27-35-54(36-28-50)78-42-44-82-84(72,73)74)61-15-7-3-11-57(61)58-12-4-8-16-62(58)66/h1-36H,37-44H2,(H2,69,70,71)(H2,72,73,74). The third-order valence-corrected chi connectivity index (χ3v) is 15.8. The number of carbonyl (C=O) groups is 2. The predicted molar refractivity (Wildman–Crippen MR) is 312 cm³/mol. The zero-order chi connectivity index (χ0) is 58.3. The summed E-state index contributed by atoms with van der Waals surface area (Å²) in [6.45, 7) is -0.530. The number of ether oxygens (including phenoxy) is 6. The Bertz CT molecular complexity index is 3550. The number of fused-ring (bicyclic) bond motifs is 6. The molecular weight excluding hydrogens is 1110 g/mol. The molecule has 9 aromatic carbocycles. The number of carbonyl (C=O) groups excluding carboxylic acids is 2. The quantitative estimate of drug-likeness (QED) is 0.0251. The van der Waals surface area contributed by atoms with Gasteiger partial charge in [-0.25, -0.2) is 18.7 Å². The second kappa shape index (κ2) is 24.7. The number of benzene rings is 9. The second-order valence-corrected chi connectivity index (χ2v) is 22.1. The minimum Gasteiger partial charge on any atom is -0.491 e. The molecule has 9 aromatic rings. The van der Waals surface area contributed by atoms with Gasteiger partial charge in [-0.1, -0.05) is 146 Å². The van der Waals surface area contributed by atoms with Crippen molar-refractivity contribution in [1.82, 2.24) is 0 Å². The van der Waals surface area contributed by atoms with Crippen molar-refractivity contribution in [2.45, 2.75) is 10.8 Å². The number of esters is 2. The molecule has 18 heteroatoms. The van der Waals surface area contributed by atoms with E-state index in [1.807, 2.05) is 146 Å². The second-order valence-electron chi connectivity index (χ2n) is 19.7. The number of hydrogen-bond donors (Lipinski definition) is 4. The zero-order valence-electron chi connectivity index (χ0n) is 45.0. The number of rotatable bonds is 24. The van der Waals surface area contributed by atoms with Gasteiger partial charge in [0.15, 0.2) is 0 Å². The molecule has 0 aliphatic heterocycles. The molecule has 0 amide bonds. The molecule has 84 heavy (non-hydrogen) atoms. The lowest BCUT2D eigenvalue weighted by atomic mass is 9.68. The molecule has 2 aliphatic carbocycles. The van der Waals surface area contributed by atoms with Gasteiger partial charge in [-0.15, -0.1) is 0 Å². The van der Waals surface area contributed by atoms with Gasteiger partial charge >= 0.3 is 27.6 Å². The van der Waals surface area contributed by atoms with E-state index in [1.54, 1.807) is 0 Å². The van der Waals surface area contributed by atoms with Gasteiger partial charge in [0.2, 0.25) is 0 Å². The molecule has 0 spiro atoms. The van der Waals surface area contributed by atoms with Crippen LogP contribution in [0.2, 0.25) is 0 Å². The first-order valence-electron chi connectivity index (χ1n) is 26.9. The molecule has 0 saturated heterocycles. The van der Waals surface area contributed by atoms with Crippen molar-refractivity contribution in [3.05, 3.63) is 274 Å². The minimum absolute atomic E-state index is 0.0319. The molecule has 0 bridgehead atoms. The maximum absolute atomic E-state index is 13.1. The molecule has 0 unspecified atom stereocenters. The van der Waals surface area contributed by atoms with E-state index in [0.29, 0.717) is 23.0 Å². The lowest BCUT2D eigenvalue weighted by molar-refractivity contribution is 0.0437. The summed E-state index contributed by atoms with van der Waals surface area (Å²) in [5.74, 6) is 1.02. The molecule has 2 aliphatic rings. The highest BCUT2D eigenvalue weighted by molar-refractivity contribution is 7.46. The fourth-order valence-corrected chi connectivity index (χ4v) is 12.0. The van der Waals surface area contributed by atoms with E-state index in [9.17, 15) is 18.7 Å². The van der Waals surface area contributed by atoms with E-state index in [0.717, 1.165) is 66.8 Å². The van der Waals surface area contributed by atoms with E-state index in [-0.39, 0.29) is 64.0 Å². The van der Waals surface area contributed by atoms with Crippen LogP contribution < -0.4 is 18.9 Å². The summed E-state index contributed by atoms with van der Waals surface area (Å²) in [6.07, 6.45) is 0. The highest BCUT2D eigenvalue weighted by atomic mass is 31.2. The van der Waals surface area contributed by atoms with E-state index < -0.39 is 38.4 Å². The fourth-order valence-electron chi connectivity index (χ4n) is 11.4. The van der Waals surface area contributed by atoms with Gasteiger partial charge in [-0.2, -0.15) is 0 Å². The van der Waals surface area contributed by atoms with Gasteiger partial charge in [-0.05, 0) is 140 Å². The normalized spacial score (nSPS) is 13.4. The van der Waals surface area contributed by atoms with Crippen LogP contribution >= 0.6 is 15.6 Å². The Labute approximate surface area is 484 Å². The molecule has 16 nitrogen and oxygen atoms in total. The van der Waals surface area contributed by atoms with Gasteiger partial charge < -0.3 is 48.0 Å². The van der Waals surface area contributed by atoms with Gasteiger partial charge in [0.25, 0.3) is 0 Å². The SMILES string of the molecule is O=C(OCCOc1ccc(C2(c3ccc(OCCOP(=O)(O)O)cc3)c3ccccc3-c3ccccc32)cc1)c1ccc(C(=O)OCCOc2ccc(C3(c4ccc(OCCOP(=O)(O)O)cc4)c4ccccc4-c4ccccc43)cc2)cc1. The molecule has 4 N–H and O–H groups in total. The van der Waals surface area contributed by atoms with E-state index >= 15 is 0 Å². The lowest BCUT2D eigenvalue weighted by Crippen LogP contribution is -2.28. The third kappa shape index (κ3) is 11.9. The Hall–Kier alpha value is -8.66. The Balaban J connectivity index is 0.675. The molecule has 0 heterocycles. The summed E-state index contributed by atoms with van der Waals surface area (Å²) in [6, 6.07) is 70.2. The highest BCUT2D eigenvalue weighted by Crippen LogP contribution is 2.58. The Morgan fingerprint density at radius 2 is 0.548 bits per heavy atom. The third-order valence-electron chi connectivity index (χ3n) is 14.8. The van der Waals surface area contributed by atoms with Crippen LogP contribution in [0.3, 0.4) is 0 Å². The summed E-state index contributed by atoms with van der Waals surface area (Å²) in [4.78, 5) is 62.2. The first-order chi connectivity index (χ1) is 40.7. The first kappa shape index (κ1) is 57.2. The van der Waals surface area contributed by atoms with Gasteiger partial charge in [0.1, 0.15) is 62.6 Å². The summed E-state index contributed by atoms with van der Waals surface area (Å²) in [5.41, 5.74) is 11.9. The minimum atomic E-state index is -4.61. The monoisotopic (exact) mass is 1170 g/mol. The summed E-state index contributed by atoms with van der Waals surface area (Å²) in [7, 11) is -9.22. The van der Waals surface area contributed by atoms with Crippen LogP contribution in [0.5, 0.6) is 23.0 Å². The Morgan fingerprint density at radius 1 is 0.310 bits per heavy atom. The first-order valence-corrected chi connectivity index (χ1v) is 29.9. The van der Waals surface area contributed by atoms with Crippen LogP contribution in [-0.2, 0) is 38.5 Å². The Morgan fingerprint density at radius 3 is 0.798 bits per heavy atom. The van der Waals surface area contributed by atoms with Gasteiger partial charge in [-0.3, -0.25) is 9.05 Å². The molecule has 11 rings (SSSR count). The maximum atomic E-state index is 13.1.